The SMILES string of the molecule is C[C@@H]1CC(=O)N1[C@@H](C(=O)O)[C@](C)(/C=N/NC(=O)[C@H](CO)NC(=O)c1ccc(O)c(O)c1Cl)[SH](=O)=O. The topological polar surface area (TPSA) is 223 Å². The fourth-order valence-electron chi connectivity index (χ4n) is 3.32. The number of carbonyl (C=O) groups excluding carboxylic acids is 3. The minimum Gasteiger partial charge on any atom is -0.504 e. The van der Waals surface area contributed by atoms with Crippen LogP contribution >= 0.6 is 11.6 Å². The third-order valence-electron chi connectivity index (χ3n) is 5.34. The van der Waals surface area contributed by atoms with Crippen LogP contribution in [0.25, 0.3) is 0 Å². The number of carboxylic acid groups (broad SMARTS) is 1. The Morgan fingerprint density at radius 1 is 1.34 bits per heavy atom. The summed E-state index contributed by atoms with van der Waals surface area (Å²) in [4.78, 5) is 49.3. The van der Waals surface area contributed by atoms with Crippen molar-refractivity contribution in [1.29, 1.82) is 0 Å². The zero-order valence-corrected chi connectivity index (χ0v) is 20.0. The summed E-state index contributed by atoms with van der Waals surface area (Å²) in [7, 11) is -3.52. The van der Waals surface area contributed by atoms with Gasteiger partial charge >= 0.3 is 5.97 Å². The number of amides is 3. The van der Waals surface area contributed by atoms with E-state index in [1.807, 2.05) is 5.43 Å². The molecular weight excluding hydrogens is 512 g/mol. The zero-order chi connectivity index (χ0) is 26.7. The van der Waals surface area contributed by atoms with Crippen molar-refractivity contribution in [3.8, 4) is 11.5 Å². The highest BCUT2D eigenvalue weighted by atomic mass is 35.5. The highest BCUT2D eigenvalue weighted by molar-refractivity contribution is 7.75. The molecule has 0 saturated carbocycles. The fraction of sp³-hybridized carbons (Fsp3) is 0.421. The van der Waals surface area contributed by atoms with Crippen LogP contribution in [0.4, 0.5) is 0 Å². The highest BCUT2D eigenvalue weighted by Crippen LogP contribution is 2.35. The van der Waals surface area contributed by atoms with Gasteiger partial charge in [-0.2, -0.15) is 5.10 Å². The number of nitrogens with zero attached hydrogens (tertiary/aromatic N) is 2. The van der Waals surface area contributed by atoms with Crippen molar-refractivity contribution in [2.24, 2.45) is 5.10 Å². The second kappa shape index (κ2) is 10.9. The van der Waals surface area contributed by atoms with Crippen molar-refractivity contribution >= 4 is 52.2 Å². The molecule has 16 heteroatoms. The summed E-state index contributed by atoms with van der Waals surface area (Å²) < 4.78 is 21.7. The number of phenolic OH excluding ortho intramolecular Hbond substituents is 2. The summed E-state index contributed by atoms with van der Waals surface area (Å²) in [6, 6.07) is -1.94. The van der Waals surface area contributed by atoms with E-state index in [0.717, 1.165) is 24.0 Å². The Bertz CT molecular complexity index is 1150. The van der Waals surface area contributed by atoms with E-state index in [1.165, 1.54) is 0 Å². The van der Waals surface area contributed by atoms with Gasteiger partial charge in [-0.3, -0.25) is 14.4 Å². The van der Waals surface area contributed by atoms with Gasteiger partial charge in [0.2, 0.25) is 5.91 Å². The number of nitrogens with one attached hydrogen (secondary N) is 2. The Kier molecular flexibility index (Phi) is 8.64. The van der Waals surface area contributed by atoms with Crippen LogP contribution in [0.1, 0.15) is 30.6 Å². The number of halogens is 1. The predicted molar refractivity (Wildman–Crippen MR) is 121 cm³/mol. The van der Waals surface area contributed by atoms with Gasteiger partial charge in [0.05, 0.1) is 17.2 Å². The maximum atomic E-state index is 12.4. The van der Waals surface area contributed by atoms with E-state index in [9.17, 15) is 48.0 Å². The Hall–Kier alpha value is -3.43. The quantitative estimate of drug-likeness (QED) is 0.0597. The summed E-state index contributed by atoms with van der Waals surface area (Å²) >= 11 is 5.79. The Balaban J connectivity index is 2.19. The largest absolute Gasteiger partial charge is 0.504 e. The van der Waals surface area contributed by atoms with Crippen LogP contribution in [0.3, 0.4) is 0 Å². The van der Waals surface area contributed by atoms with Crippen molar-refractivity contribution < 1.29 is 48.0 Å². The lowest BCUT2D eigenvalue weighted by Gasteiger charge is -2.45. The molecule has 1 aromatic carbocycles. The number of likely N-dealkylation sites (tertiary alicyclic amines) is 1. The molecule has 1 fully saturated rings. The number of hydrogen-bond acceptors (Lipinski definition) is 10. The first-order valence-electron chi connectivity index (χ1n) is 9.90. The lowest BCUT2D eigenvalue weighted by Crippen LogP contribution is -2.66. The molecule has 1 saturated heterocycles. The molecule has 0 unspecified atom stereocenters. The van der Waals surface area contributed by atoms with Crippen LogP contribution in [0.5, 0.6) is 11.5 Å². The molecule has 1 aliphatic rings. The van der Waals surface area contributed by atoms with Gasteiger partial charge in [-0.05, 0) is 26.0 Å². The molecule has 0 aromatic heterocycles. The van der Waals surface area contributed by atoms with Crippen molar-refractivity contribution in [2.75, 3.05) is 6.61 Å². The van der Waals surface area contributed by atoms with Gasteiger partial charge in [0.25, 0.3) is 11.8 Å². The molecule has 0 spiro atoms. The molecule has 6 N–H and O–H groups in total. The number of carbonyl (C=O) groups is 4. The zero-order valence-electron chi connectivity index (χ0n) is 18.3. The molecule has 4 atom stereocenters. The first-order valence-corrected chi connectivity index (χ1v) is 11.5. The second-order valence-corrected chi connectivity index (χ2v) is 9.67. The third kappa shape index (κ3) is 5.63. The molecule has 14 nitrogen and oxygen atoms in total. The van der Waals surface area contributed by atoms with Crippen molar-refractivity contribution in [2.45, 2.75) is 43.1 Å². The number of benzene rings is 1. The minimum atomic E-state index is -3.52. The average molecular weight is 535 g/mol. The average Bonchev–Trinajstić information content (AvgIpc) is 2.78. The van der Waals surface area contributed by atoms with Crippen LogP contribution in [0, 0.1) is 0 Å². The number of carboxylic acids is 1. The van der Waals surface area contributed by atoms with Gasteiger partial charge in [0.15, 0.2) is 28.2 Å². The number of hydrogen-bond donors (Lipinski definition) is 7. The molecule has 1 aromatic rings. The normalized spacial score (nSPS) is 19.1. The number of aromatic hydroxyl groups is 2. The number of hydrazone groups is 1. The van der Waals surface area contributed by atoms with Gasteiger partial charge in [-0.15, -0.1) is 0 Å². The summed E-state index contributed by atoms with van der Waals surface area (Å²) in [6.45, 7) is 1.62. The highest BCUT2D eigenvalue weighted by Gasteiger charge is 2.52. The monoisotopic (exact) mass is 534 g/mol. The van der Waals surface area contributed by atoms with Crippen molar-refractivity contribution in [1.82, 2.24) is 15.6 Å². The summed E-state index contributed by atoms with van der Waals surface area (Å²) in [5.74, 6) is -5.65. The second-order valence-electron chi connectivity index (χ2n) is 7.82. The van der Waals surface area contributed by atoms with E-state index in [0.29, 0.717) is 6.21 Å². The lowest BCUT2D eigenvalue weighted by molar-refractivity contribution is -0.161. The van der Waals surface area contributed by atoms with Gasteiger partial charge in [-0.1, -0.05) is 11.6 Å². The van der Waals surface area contributed by atoms with Gasteiger partial charge in [0.1, 0.15) is 10.8 Å². The van der Waals surface area contributed by atoms with Gasteiger partial charge < -0.3 is 30.6 Å². The molecule has 1 heterocycles. The Morgan fingerprint density at radius 2 is 1.97 bits per heavy atom. The third-order valence-corrected chi connectivity index (χ3v) is 6.87. The molecule has 35 heavy (non-hydrogen) atoms. The van der Waals surface area contributed by atoms with E-state index in [4.69, 9.17) is 11.6 Å². The van der Waals surface area contributed by atoms with E-state index in [-0.39, 0.29) is 12.0 Å². The van der Waals surface area contributed by atoms with Crippen LogP contribution in [0.2, 0.25) is 5.02 Å². The number of β-lactam (4-membered cyclic amide) rings is 1. The number of phenols is 2. The van der Waals surface area contributed by atoms with E-state index in [1.54, 1.807) is 6.92 Å². The van der Waals surface area contributed by atoms with Crippen LogP contribution in [-0.4, -0.2) is 93.1 Å². The summed E-state index contributed by atoms with van der Waals surface area (Å²) in [5, 5.41) is 43.2. The number of thiol groups is 1. The van der Waals surface area contributed by atoms with Gasteiger partial charge in [0, 0.05) is 18.7 Å². The molecule has 0 bridgehead atoms. The number of aliphatic hydroxyl groups is 1. The summed E-state index contributed by atoms with van der Waals surface area (Å²) in [6.07, 6.45) is 0.683. The van der Waals surface area contributed by atoms with Crippen molar-refractivity contribution in [3.63, 3.8) is 0 Å². The van der Waals surface area contributed by atoms with E-state index < -0.39 is 80.4 Å². The number of aliphatic hydroxyl groups excluding tert-OH is 1. The van der Waals surface area contributed by atoms with Crippen LogP contribution in [0.15, 0.2) is 17.2 Å². The van der Waals surface area contributed by atoms with E-state index >= 15 is 0 Å². The van der Waals surface area contributed by atoms with Crippen molar-refractivity contribution in [3.05, 3.63) is 22.7 Å². The minimum absolute atomic E-state index is 0.0457. The number of aliphatic carboxylic acids is 1. The fourth-order valence-corrected chi connectivity index (χ4v) is 4.15. The molecule has 1 aliphatic heterocycles. The molecule has 0 aliphatic carbocycles. The predicted octanol–water partition coefficient (Wildman–Crippen LogP) is -1.61. The molecular formula is C19H23ClN4O10S. The molecule has 0 radical (unpaired) electrons. The first kappa shape index (κ1) is 27.8. The standard InChI is InChI=1S/C19H23ClN4O10S/c1-8-5-12(27)24(8)15(18(31)32)19(2,35(33)34)7-21-23-17(30)10(6-25)22-16(29)9-3-4-11(26)14(28)13(9)20/h3-4,7-8,10,15,25-26,28,35H,5-6H2,1-2H3,(H,22,29)(H,23,30)(H,31,32)/b21-7+/t8-,10+,15+,19+/m1/s1. The van der Waals surface area contributed by atoms with Crippen LogP contribution in [-0.2, 0) is 25.1 Å². The van der Waals surface area contributed by atoms with Gasteiger partial charge in [-0.25, -0.2) is 18.6 Å². The molecule has 3 amide bonds. The van der Waals surface area contributed by atoms with E-state index in [2.05, 4.69) is 10.4 Å². The van der Waals surface area contributed by atoms with Crippen LogP contribution < -0.4 is 10.7 Å². The lowest BCUT2D eigenvalue weighted by atomic mass is 9.92. The Labute approximate surface area is 205 Å². The maximum absolute atomic E-state index is 12.4. The summed E-state index contributed by atoms with van der Waals surface area (Å²) in [5.41, 5.74) is 1.57. The first-order chi connectivity index (χ1) is 16.3. The number of rotatable bonds is 10. The molecule has 2 rings (SSSR count). The maximum Gasteiger partial charge on any atom is 0.328 e. The molecule has 192 valence electrons. The Morgan fingerprint density at radius 3 is 2.46 bits per heavy atom. The smallest absolute Gasteiger partial charge is 0.328 e.